The molecule has 0 amide bonds. The first-order valence-corrected chi connectivity index (χ1v) is 6.79. The molecule has 1 aromatic rings. The summed E-state index contributed by atoms with van der Waals surface area (Å²) >= 11 is 1.73. The third-order valence-corrected chi connectivity index (χ3v) is 3.83. The molecule has 1 heterocycles. The molecule has 0 radical (unpaired) electrons. The fraction of sp³-hybridized carbons (Fsp3) is 0.538. The number of hydrogen-bond donors (Lipinski definition) is 1. The van der Waals surface area contributed by atoms with Crippen molar-refractivity contribution in [3.63, 3.8) is 0 Å². The van der Waals surface area contributed by atoms with Crippen molar-refractivity contribution in [2.24, 2.45) is 5.73 Å². The molecule has 1 atom stereocenters. The molecule has 15 heavy (non-hydrogen) atoms. The van der Waals surface area contributed by atoms with Gasteiger partial charge in [-0.1, -0.05) is 24.5 Å². The molecule has 82 valence electrons. The first kappa shape index (κ1) is 10.9. The summed E-state index contributed by atoms with van der Waals surface area (Å²) in [5, 5.41) is 4.28. The number of allylic oxidation sites excluding steroid dienone is 1. The van der Waals surface area contributed by atoms with Gasteiger partial charge < -0.3 is 5.73 Å². The van der Waals surface area contributed by atoms with Crippen LogP contribution < -0.4 is 5.73 Å². The zero-order valence-electron chi connectivity index (χ0n) is 9.11. The Morgan fingerprint density at radius 3 is 2.87 bits per heavy atom. The van der Waals surface area contributed by atoms with Crippen LogP contribution in [0.15, 0.2) is 28.5 Å². The van der Waals surface area contributed by atoms with Gasteiger partial charge in [0.05, 0.1) is 6.04 Å². The van der Waals surface area contributed by atoms with Gasteiger partial charge in [0, 0.05) is 0 Å². The highest BCUT2D eigenvalue weighted by atomic mass is 32.1. The summed E-state index contributed by atoms with van der Waals surface area (Å²) < 4.78 is 0. The highest BCUT2D eigenvalue weighted by molar-refractivity contribution is 7.08. The van der Waals surface area contributed by atoms with Crippen molar-refractivity contribution in [3.8, 4) is 0 Å². The van der Waals surface area contributed by atoms with Gasteiger partial charge in [-0.3, -0.25) is 0 Å². The van der Waals surface area contributed by atoms with Crippen molar-refractivity contribution < 1.29 is 0 Å². The van der Waals surface area contributed by atoms with E-state index in [1.165, 1.54) is 49.7 Å². The summed E-state index contributed by atoms with van der Waals surface area (Å²) in [7, 11) is 0. The van der Waals surface area contributed by atoms with Crippen LogP contribution in [0.3, 0.4) is 0 Å². The third-order valence-electron chi connectivity index (χ3n) is 3.13. The Kier molecular flexibility index (Phi) is 3.98. The molecular formula is C13H19NS. The van der Waals surface area contributed by atoms with Crippen LogP contribution in [0.4, 0.5) is 0 Å². The van der Waals surface area contributed by atoms with Crippen molar-refractivity contribution in [3.05, 3.63) is 34.0 Å². The van der Waals surface area contributed by atoms with E-state index in [1.54, 1.807) is 11.3 Å². The summed E-state index contributed by atoms with van der Waals surface area (Å²) in [5.41, 5.74) is 9.01. The van der Waals surface area contributed by atoms with Gasteiger partial charge in [-0.25, -0.2) is 0 Å². The van der Waals surface area contributed by atoms with Crippen molar-refractivity contribution in [2.75, 3.05) is 0 Å². The molecule has 1 aliphatic rings. The molecule has 1 aliphatic carbocycles. The number of rotatable bonds is 2. The van der Waals surface area contributed by atoms with Crippen LogP contribution in [-0.4, -0.2) is 0 Å². The van der Waals surface area contributed by atoms with Gasteiger partial charge in [-0.05, 0) is 48.1 Å². The molecule has 0 bridgehead atoms. The highest BCUT2D eigenvalue weighted by Gasteiger charge is 2.12. The molecule has 1 aromatic heterocycles. The average Bonchev–Trinajstić information content (AvgIpc) is 2.68. The van der Waals surface area contributed by atoms with E-state index in [-0.39, 0.29) is 6.04 Å². The topological polar surface area (TPSA) is 26.0 Å². The van der Waals surface area contributed by atoms with Gasteiger partial charge in [0.25, 0.3) is 0 Å². The maximum atomic E-state index is 6.27. The fourth-order valence-electron chi connectivity index (χ4n) is 2.17. The first-order chi connectivity index (χ1) is 7.38. The van der Waals surface area contributed by atoms with Gasteiger partial charge in [0.2, 0.25) is 0 Å². The Balaban J connectivity index is 2.07. The SMILES string of the molecule is NC(/C1=C/CCCCCC1)c1ccsc1. The molecule has 1 unspecified atom stereocenters. The molecule has 0 aromatic carbocycles. The van der Waals surface area contributed by atoms with Crippen molar-refractivity contribution >= 4 is 11.3 Å². The first-order valence-electron chi connectivity index (χ1n) is 5.84. The Hall–Kier alpha value is -0.600. The van der Waals surface area contributed by atoms with Gasteiger partial charge in [-0.2, -0.15) is 11.3 Å². The minimum Gasteiger partial charge on any atom is -0.321 e. The van der Waals surface area contributed by atoms with E-state index in [9.17, 15) is 0 Å². The predicted octanol–water partition coefficient (Wildman–Crippen LogP) is 4.03. The number of thiophene rings is 1. The second-order valence-corrected chi connectivity index (χ2v) is 5.05. The number of hydrogen-bond acceptors (Lipinski definition) is 2. The maximum absolute atomic E-state index is 6.27. The van der Waals surface area contributed by atoms with E-state index in [4.69, 9.17) is 5.73 Å². The lowest BCUT2D eigenvalue weighted by molar-refractivity contribution is 0.603. The summed E-state index contributed by atoms with van der Waals surface area (Å²) in [6.45, 7) is 0. The lowest BCUT2D eigenvalue weighted by atomic mass is 9.93. The van der Waals surface area contributed by atoms with Crippen LogP contribution in [0.5, 0.6) is 0 Å². The van der Waals surface area contributed by atoms with Gasteiger partial charge in [-0.15, -0.1) is 0 Å². The zero-order chi connectivity index (χ0) is 10.5. The van der Waals surface area contributed by atoms with Crippen LogP contribution in [0.1, 0.15) is 50.1 Å². The van der Waals surface area contributed by atoms with E-state index in [2.05, 4.69) is 22.9 Å². The second-order valence-electron chi connectivity index (χ2n) is 4.27. The zero-order valence-corrected chi connectivity index (χ0v) is 9.93. The summed E-state index contributed by atoms with van der Waals surface area (Å²) in [6.07, 6.45) is 10.2. The molecule has 0 saturated heterocycles. The second kappa shape index (κ2) is 5.47. The Bertz CT molecular complexity index is 313. The molecular weight excluding hydrogens is 202 g/mol. The minimum atomic E-state index is 0.148. The Morgan fingerprint density at radius 1 is 1.20 bits per heavy atom. The van der Waals surface area contributed by atoms with Crippen molar-refractivity contribution in [1.29, 1.82) is 0 Å². The molecule has 2 heteroatoms. The van der Waals surface area contributed by atoms with Gasteiger partial charge in [0.1, 0.15) is 0 Å². The fourth-order valence-corrected chi connectivity index (χ4v) is 2.86. The molecule has 0 fully saturated rings. The normalized spacial score (nSPS) is 23.7. The van der Waals surface area contributed by atoms with Gasteiger partial charge >= 0.3 is 0 Å². The molecule has 0 aliphatic heterocycles. The molecule has 2 rings (SSSR count). The Morgan fingerprint density at radius 2 is 2.07 bits per heavy atom. The third kappa shape index (κ3) is 2.93. The average molecular weight is 221 g/mol. The smallest absolute Gasteiger partial charge is 0.0519 e. The van der Waals surface area contributed by atoms with E-state index < -0.39 is 0 Å². The maximum Gasteiger partial charge on any atom is 0.0519 e. The lowest BCUT2D eigenvalue weighted by Gasteiger charge is -2.17. The van der Waals surface area contributed by atoms with E-state index >= 15 is 0 Å². The van der Waals surface area contributed by atoms with Crippen LogP contribution in [-0.2, 0) is 0 Å². The Labute approximate surface area is 96.0 Å². The summed E-state index contributed by atoms with van der Waals surface area (Å²) in [5.74, 6) is 0. The largest absolute Gasteiger partial charge is 0.321 e. The van der Waals surface area contributed by atoms with Crippen molar-refractivity contribution in [1.82, 2.24) is 0 Å². The summed E-state index contributed by atoms with van der Waals surface area (Å²) in [4.78, 5) is 0. The molecule has 1 nitrogen and oxygen atoms in total. The van der Waals surface area contributed by atoms with Gasteiger partial charge in [0.15, 0.2) is 0 Å². The van der Waals surface area contributed by atoms with Crippen molar-refractivity contribution in [2.45, 2.75) is 44.6 Å². The molecule has 0 saturated carbocycles. The number of nitrogens with two attached hydrogens (primary N) is 1. The minimum absolute atomic E-state index is 0.148. The van der Waals surface area contributed by atoms with E-state index in [1.807, 2.05) is 0 Å². The van der Waals surface area contributed by atoms with Crippen LogP contribution in [0.25, 0.3) is 0 Å². The molecule has 2 N–H and O–H groups in total. The monoisotopic (exact) mass is 221 g/mol. The predicted molar refractivity (Wildman–Crippen MR) is 67.0 cm³/mol. The quantitative estimate of drug-likeness (QED) is 0.750. The highest BCUT2D eigenvalue weighted by Crippen LogP contribution is 2.27. The van der Waals surface area contributed by atoms with Crippen LogP contribution in [0, 0.1) is 0 Å². The van der Waals surface area contributed by atoms with Crippen LogP contribution in [0.2, 0.25) is 0 Å². The standard InChI is InChI=1S/C13H19NS/c14-13(12-8-9-15-10-12)11-6-4-2-1-3-5-7-11/h6,8-10,13H,1-5,7,14H2/b11-6+. The summed E-state index contributed by atoms with van der Waals surface area (Å²) in [6, 6.07) is 2.30. The lowest BCUT2D eigenvalue weighted by Crippen LogP contribution is -2.13. The van der Waals surface area contributed by atoms with E-state index in [0.29, 0.717) is 0 Å². The van der Waals surface area contributed by atoms with E-state index in [0.717, 1.165) is 0 Å². The molecule has 0 spiro atoms. The van der Waals surface area contributed by atoms with Crippen LogP contribution >= 0.6 is 11.3 Å².